The highest BCUT2D eigenvalue weighted by Gasteiger charge is 2.12. The van der Waals surface area contributed by atoms with Gasteiger partial charge in [-0.15, -0.1) is 0 Å². The molecule has 2 N–H and O–H groups in total. The van der Waals surface area contributed by atoms with E-state index in [0.717, 1.165) is 49.2 Å². The van der Waals surface area contributed by atoms with Crippen molar-refractivity contribution in [2.45, 2.75) is 25.9 Å². The molecule has 150 valence electrons. The van der Waals surface area contributed by atoms with Crippen LogP contribution < -0.4 is 24.8 Å². The molecule has 2 aromatic rings. The van der Waals surface area contributed by atoms with E-state index in [4.69, 9.17) is 14.2 Å². The molecule has 1 atom stereocenters. The molecule has 3 rings (SSSR count). The molecule has 0 bridgehead atoms. The largest absolute Gasteiger partial charge is 0.493 e. The zero-order valence-corrected chi connectivity index (χ0v) is 16.8. The number of ether oxygens (including phenoxy) is 3. The Balaban J connectivity index is 1.42. The normalized spacial score (nSPS) is 14.0. The van der Waals surface area contributed by atoms with Crippen molar-refractivity contribution in [2.24, 2.45) is 4.99 Å². The SMILES string of the molecule is CN=C(NCCc1ccc2c(c1)CCO2)NCC(C)Oc1ccccc1OC. The maximum atomic E-state index is 5.97. The van der Waals surface area contributed by atoms with Crippen LogP contribution in [-0.2, 0) is 12.8 Å². The molecule has 6 heteroatoms. The van der Waals surface area contributed by atoms with Gasteiger partial charge in [-0.25, -0.2) is 0 Å². The van der Waals surface area contributed by atoms with Gasteiger partial charge in [0.2, 0.25) is 0 Å². The maximum Gasteiger partial charge on any atom is 0.191 e. The van der Waals surface area contributed by atoms with Crippen molar-refractivity contribution in [1.82, 2.24) is 10.6 Å². The monoisotopic (exact) mass is 383 g/mol. The summed E-state index contributed by atoms with van der Waals surface area (Å²) in [5.74, 6) is 3.26. The summed E-state index contributed by atoms with van der Waals surface area (Å²) in [5.41, 5.74) is 2.61. The fourth-order valence-electron chi connectivity index (χ4n) is 3.16. The van der Waals surface area contributed by atoms with E-state index in [2.05, 4.69) is 33.8 Å². The van der Waals surface area contributed by atoms with Gasteiger partial charge in [0.05, 0.1) is 20.3 Å². The molecule has 1 unspecified atom stereocenters. The van der Waals surface area contributed by atoms with Gasteiger partial charge < -0.3 is 24.8 Å². The van der Waals surface area contributed by atoms with E-state index in [1.807, 2.05) is 31.2 Å². The fraction of sp³-hybridized carbons (Fsp3) is 0.409. The van der Waals surface area contributed by atoms with Crippen molar-refractivity contribution in [3.8, 4) is 17.2 Å². The Morgan fingerprint density at radius 3 is 2.79 bits per heavy atom. The quantitative estimate of drug-likeness (QED) is 0.542. The summed E-state index contributed by atoms with van der Waals surface area (Å²) in [6.45, 7) is 4.25. The summed E-state index contributed by atoms with van der Waals surface area (Å²) in [5, 5.41) is 6.66. The number of aliphatic imine (C=N–C) groups is 1. The number of guanidine groups is 1. The number of benzene rings is 2. The Labute approximate surface area is 166 Å². The molecule has 2 aromatic carbocycles. The molecule has 0 amide bonds. The van der Waals surface area contributed by atoms with Crippen molar-refractivity contribution >= 4 is 5.96 Å². The van der Waals surface area contributed by atoms with Crippen LogP contribution in [0.4, 0.5) is 0 Å². The topological polar surface area (TPSA) is 64.1 Å². The predicted octanol–water partition coefficient (Wildman–Crippen LogP) is 2.81. The number of rotatable bonds is 8. The average Bonchev–Trinajstić information content (AvgIpc) is 3.19. The number of hydrogen-bond donors (Lipinski definition) is 2. The second-order valence-corrected chi connectivity index (χ2v) is 6.75. The minimum Gasteiger partial charge on any atom is -0.493 e. The molecule has 1 heterocycles. The van der Waals surface area contributed by atoms with Gasteiger partial charge in [-0.1, -0.05) is 24.3 Å². The van der Waals surface area contributed by atoms with Crippen LogP contribution in [0.15, 0.2) is 47.5 Å². The van der Waals surface area contributed by atoms with E-state index >= 15 is 0 Å². The first-order valence-corrected chi connectivity index (χ1v) is 9.68. The molecule has 1 aliphatic heterocycles. The van der Waals surface area contributed by atoms with E-state index in [0.29, 0.717) is 6.54 Å². The van der Waals surface area contributed by atoms with Gasteiger partial charge in [-0.05, 0) is 42.7 Å². The van der Waals surface area contributed by atoms with Crippen LogP contribution in [-0.4, -0.2) is 45.9 Å². The zero-order valence-electron chi connectivity index (χ0n) is 16.8. The van der Waals surface area contributed by atoms with E-state index in [9.17, 15) is 0 Å². The van der Waals surface area contributed by atoms with Crippen LogP contribution in [0.5, 0.6) is 17.2 Å². The third kappa shape index (κ3) is 5.31. The number of para-hydroxylation sites is 2. The van der Waals surface area contributed by atoms with E-state index in [1.54, 1.807) is 14.2 Å². The van der Waals surface area contributed by atoms with Crippen molar-refractivity contribution in [1.29, 1.82) is 0 Å². The van der Waals surface area contributed by atoms with E-state index < -0.39 is 0 Å². The molecule has 0 saturated carbocycles. The van der Waals surface area contributed by atoms with Gasteiger partial charge >= 0.3 is 0 Å². The van der Waals surface area contributed by atoms with Gasteiger partial charge in [0, 0.05) is 20.0 Å². The highest BCUT2D eigenvalue weighted by atomic mass is 16.5. The first-order valence-electron chi connectivity index (χ1n) is 9.68. The minimum absolute atomic E-state index is 0.0356. The highest BCUT2D eigenvalue weighted by molar-refractivity contribution is 5.79. The third-order valence-corrected chi connectivity index (χ3v) is 4.64. The van der Waals surface area contributed by atoms with Crippen molar-refractivity contribution in [3.05, 3.63) is 53.6 Å². The summed E-state index contributed by atoms with van der Waals surface area (Å²) < 4.78 is 16.9. The van der Waals surface area contributed by atoms with Crippen LogP contribution in [0, 0.1) is 0 Å². The summed E-state index contributed by atoms with van der Waals surface area (Å²) >= 11 is 0. The van der Waals surface area contributed by atoms with Gasteiger partial charge in [0.15, 0.2) is 17.5 Å². The summed E-state index contributed by atoms with van der Waals surface area (Å²) in [6, 6.07) is 14.1. The number of hydrogen-bond acceptors (Lipinski definition) is 4. The lowest BCUT2D eigenvalue weighted by Gasteiger charge is -2.19. The molecule has 0 fully saturated rings. The van der Waals surface area contributed by atoms with Crippen LogP contribution in [0.3, 0.4) is 0 Å². The van der Waals surface area contributed by atoms with E-state index in [1.165, 1.54) is 11.1 Å². The standard InChI is InChI=1S/C22H29N3O3/c1-16(28-21-7-5-4-6-20(21)26-3)15-25-22(23-2)24-12-10-17-8-9-19-18(14-17)11-13-27-19/h4-9,14,16H,10-13,15H2,1-3H3,(H2,23,24,25). The Morgan fingerprint density at radius 2 is 2.00 bits per heavy atom. The molecule has 0 aromatic heterocycles. The molecular formula is C22H29N3O3. The third-order valence-electron chi connectivity index (χ3n) is 4.64. The predicted molar refractivity (Wildman–Crippen MR) is 112 cm³/mol. The summed E-state index contributed by atoms with van der Waals surface area (Å²) in [6.07, 6.45) is 1.90. The first-order chi connectivity index (χ1) is 13.7. The van der Waals surface area contributed by atoms with Gasteiger partial charge in [0.1, 0.15) is 11.9 Å². The lowest BCUT2D eigenvalue weighted by molar-refractivity contribution is 0.213. The highest BCUT2D eigenvalue weighted by Crippen LogP contribution is 2.27. The molecule has 0 aliphatic carbocycles. The smallest absolute Gasteiger partial charge is 0.191 e. The summed E-state index contributed by atoms with van der Waals surface area (Å²) in [7, 11) is 3.42. The number of nitrogens with zero attached hydrogens (tertiary/aromatic N) is 1. The maximum absolute atomic E-state index is 5.97. The first kappa shape index (κ1) is 19.9. The Morgan fingerprint density at radius 1 is 1.18 bits per heavy atom. The number of nitrogens with one attached hydrogen (secondary N) is 2. The molecule has 6 nitrogen and oxygen atoms in total. The number of fused-ring (bicyclic) bond motifs is 1. The van der Waals surface area contributed by atoms with E-state index in [-0.39, 0.29) is 6.10 Å². The molecule has 0 radical (unpaired) electrons. The lowest BCUT2D eigenvalue weighted by atomic mass is 10.1. The van der Waals surface area contributed by atoms with Gasteiger partial charge in [-0.3, -0.25) is 4.99 Å². The lowest BCUT2D eigenvalue weighted by Crippen LogP contribution is -2.42. The van der Waals surface area contributed by atoms with Crippen molar-refractivity contribution in [3.63, 3.8) is 0 Å². The van der Waals surface area contributed by atoms with Crippen LogP contribution in [0.1, 0.15) is 18.1 Å². The Kier molecular flexibility index (Phi) is 7.00. The second kappa shape index (κ2) is 9.88. The molecule has 0 saturated heterocycles. The number of methoxy groups -OCH3 is 1. The van der Waals surface area contributed by atoms with Crippen LogP contribution in [0.2, 0.25) is 0 Å². The van der Waals surface area contributed by atoms with Crippen molar-refractivity contribution < 1.29 is 14.2 Å². The second-order valence-electron chi connectivity index (χ2n) is 6.75. The van der Waals surface area contributed by atoms with Gasteiger partial charge in [0.25, 0.3) is 0 Å². The fourth-order valence-corrected chi connectivity index (χ4v) is 3.16. The minimum atomic E-state index is -0.0356. The van der Waals surface area contributed by atoms with Crippen LogP contribution in [0.25, 0.3) is 0 Å². The zero-order chi connectivity index (χ0) is 19.8. The molecule has 0 spiro atoms. The van der Waals surface area contributed by atoms with Crippen LogP contribution >= 0.6 is 0 Å². The van der Waals surface area contributed by atoms with Crippen molar-refractivity contribution in [2.75, 3.05) is 33.9 Å². The Hall–Kier alpha value is -2.89. The molecule has 1 aliphatic rings. The average molecular weight is 383 g/mol. The molecular weight excluding hydrogens is 354 g/mol. The summed E-state index contributed by atoms with van der Waals surface area (Å²) in [4.78, 5) is 4.28. The molecule has 28 heavy (non-hydrogen) atoms. The van der Waals surface area contributed by atoms with Gasteiger partial charge in [-0.2, -0.15) is 0 Å². The Bertz CT molecular complexity index is 807.